The first-order valence-corrected chi connectivity index (χ1v) is 56.8. The molecule has 2 nitrogen and oxygen atoms in total. The van der Waals surface area contributed by atoms with Crippen LogP contribution in [0.3, 0.4) is 0 Å². The SMILES string of the molecule is C.C.C.C.C.C.CB(O)O.CC.CC.CC.CC.CC.[Cl][Pd][Cl].[Pd].c1ccc(P(c2ccccc2)c2ccccc2)cc1.c1ccc(P(c2ccccc2)c2ccccc2)cc1.c1ccc(P(c2ccccc2)c2ccccc2)cc1.c1ccc(P(c2ccccc2)c2ccccc2)cc1.c1ccc(P(c2ccccc2)c2ccccc2)cc1.c1ccc(P(c2ccccc2)c2ccccc2)cc1. The molecule has 0 aliphatic heterocycles. The predicted molar refractivity (Wildman–Crippen MR) is 636 cm³/mol. The summed E-state index contributed by atoms with van der Waals surface area (Å²) in [7, 11) is 5.79. The average molecular weight is 2160 g/mol. The molecule has 13 heteroatoms. The van der Waals surface area contributed by atoms with Gasteiger partial charge in [-0.15, -0.1) is 0 Å². The Kier molecular flexibility index (Phi) is 78.7. The first-order chi connectivity index (χ1) is 64.8. The van der Waals surface area contributed by atoms with Crippen molar-refractivity contribution in [2.45, 2.75) is 121 Å². The second-order valence-electron chi connectivity index (χ2n) is 26.7. The summed E-state index contributed by atoms with van der Waals surface area (Å²) in [6.07, 6.45) is 0. The van der Waals surface area contributed by atoms with E-state index in [2.05, 4.69) is 546 Å². The number of hydrogen-bond donors (Lipinski definition) is 2. The van der Waals surface area contributed by atoms with Crippen molar-refractivity contribution < 1.29 is 46.4 Å². The van der Waals surface area contributed by atoms with E-state index in [1.165, 1.54) is 102 Å². The van der Waals surface area contributed by atoms with Gasteiger partial charge in [0, 0.05) is 20.4 Å². The van der Waals surface area contributed by atoms with Crippen molar-refractivity contribution in [2.24, 2.45) is 0 Å². The minimum atomic E-state index is -1.17. The molecule has 0 atom stereocenters. The fraction of sp³-hybridized carbons (Fsp3) is 0.136. The van der Waals surface area contributed by atoms with Gasteiger partial charge < -0.3 is 10.0 Å². The molecular weight excluding hydrogens is 2010 g/mol. The van der Waals surface area contributed by atoms with Crippen LogP contribution < -0.4 is 95.5 Å². The molecule has 0 saturated carbocycles. The Bertz CT molecular complexity index is 4190. The van der Waals surface area contributed by atoms with Crippen molar-refractivity contribution in [1.29, 1.82) is 0 Å². The van der Waals surface area contributed by atoms with E-state index in [-0.39, 0.29) is 80.9 Å². The third-order valence-electron chi connectivity index (χ3n) is 18.3. The number of hydrogen-bond acceptors (Lipinski definition) is 2. The minimum Gasteiger partial charge on any atom is -0.0622 e. The van der Waals surface area contributed by atoms with Crippen molar-refractivity contribution >= 4 is 169 Å². The minimum absolute atomic E-state index is 0. The maximum absolute atomic E-state index is 7.61. The zero-order valence-corrected chi connectivity index (χ0v) is 87.5. The molecule has 0 radical (unpaired) electrons. The molecule has 0 bridgehead atoms. The normalized spacial score (nSPS) is 9.31. The molecule has 18 aromatic carbocycles. The van der Waals surface area contributed by atoms with Crippen LogP contribution in [0.25, 0.3) is 0 Å². The maximum atomic E-state index is 7.61. The second kappa shape index (κ2) is 83.2. The smallest absolute Gasteiger partial charge is 0 e. The van der Waals surface area contributed by atoms with Crippen molar-refractivity contribution in [3.8, 4) is 0 Å². The van der Waals surface area contributed by atoms with Crippen LogP contribution in [0, 0.1) is 0 Å². The Labute approximate surface area is 874 Å². The fourth-order valence-electron chi connectivity index (χ4n) is 13.1. The van der Waals surface area contributed by atoms with Gasteiger partial charge in [-0.1, -0.05) is 660 Å². The molecule has 0 fully saturated rings. The molecule has 0 heterocycles. The van der Waals surface area contributed by atoms with Gasteiger partial charge in [-0.25, -0.2) is 0 Å². The summed E-state index contributed by atoms with van der Waals surface area (Å²) in [5, 5.41) is 40.4. The fourth-order valence-corrected chi connectivity index (χ4v) is 26.9. The summed E-state index contributed by atoms with van der Waals surface area (Å²) < 4.78 is 0. The van der Waals surface area contributed by atoms with E-state index in [0.29, 0.717) is 0 Å². The van der Waals surface area contributed by atoms with Gasteiger partial charge in [0.2, 0.25) is 0 Å². The van der Waals surface area contributed by atoms with E-state index < -0.39 is 54.6 Å². The zero-order valence-electron chi connectivity index (χ0n) is 77.5. The second-order valence-corrected chi connectivity index (χ2v) is 42.4. The predicted octanol–water partition coefficient (Wildman–Crippen LogP) is 30.1. The molecule has 0 aromatic heterocycles. The molecule has 18 aromatic rings. The van der Waals surface area contributed by atoms with Crippen LogP contribution in [0.2, 0.25) is 6.82 Å². The Balaban J connectivity index is 0. The van der Waals surface area contributed by atoms with E-state index in [0.717, 1.165) is 0 Å². The third kappa shape index (κ3) is 46.7. The summed E-state index contributed by atoms with van der Waals surface area (Å²) in [4.78, 5) is 0. The monoisotopic (exact) mass is 2160 g/mol. The van der Waals surface area contributed by atoms with Gasteiger partial charge in [0.05, 0.1) is 0 Å². The van der Waals surface area contributed by atoms with Crippen LogP contribution >= 0.6 is 66.6 Å². The van der Waals surface area contributed by atoms with Crippen molar-refractivity contribution in [3.05, 3.63) is 546 Å². The molecule has 138 heavy (non-hydrogen) atoms. The van der Waals surface area contributed by atoms with Crippen LogP contribution in [-0.4, -0.2) is 17.2 Å². The summed E-state index contributed by atoms with van der Waals surface area (Å²) in [6, 6.07) is 194. The van der Waals surface area contributed by atoms with Crippen molar-refractivity contribution in [3.63, 3.8) is 0 Å². The maximum Gasteiger partial charge on any atom is 0 e. The molecule has 0 aliphatic rings. The van der Waals surface area contributed by atoms with Gasteiger partial charge in [-0.2, -0.15) is 0 Å². The third-order valence-corrected chi connectivity index (χ3v) is 32.9. The summed E-state index contributed by atoms with van der Waals surface area (Å²) >= 11 is -0.106. The number of halogens is 2. The van der Waals surface area contributed by atoms with Crippen LogP contribution in [0.5, 0.6) is 0 Å². The van der Waals surface area contributed by atoms with Gasteiger partial charge in [-0.05, 0) is 150 Å². The van der Waals surface area contributed by atoms with Crippen molar-refractivity contribution in [2.75, 3.05) is 0 Å². The standard InChI is InChI=1S/6C18H15P.5C2H6.CH5BO2.6CH4.2ClH.2Pd/c6*1-4-10-16(11-5-1)19(17-12-6-2-7-13-17)18-14-8-3-9-15-18;5*1-2;1-2(3)4;;;;;;;;;;/h6*1-15H;5*1-2H3;3-4H,1H3;6*1H4;2*1H;;/q;;;;;;;;;;;;;;;;;;;;;+2/p-2. The van der Waals surface area contributed by atoms with Gasteiger partial charge in [-0.3, -0.25) is 0 Å². The molecule has 18 rings (SSSR count). The van der Waals surface area contributed by atoms with E-state index in [1.54, 1.807) is 0 Å². The van der Waals surface area contributed by atoms with Gasteiger partial charge in [0.1, 0.15) is 0 Å². The van der Waals surface area contributed by atoms with Crippen LogP contribution in [0.4, 0.5) is 0 Å². The first-order valence-electron chi connectivity index (χ1n) is 44.8. The van der Waals surface area contributed by atoms with Gasteiger partial charge >= 0.3 is 42.1 Å². The largest absolute Gasteiger partial charge is 0.0622 e. The molecule has 2 N–H and O–H groups in total. The van der Waals surface area contributed by atoms with Crippen molar-refractivity contribution in [1.82, 2.24) is 0 Å². The molecule has 0 aliphatic carbocycles. The molecule has 0 amide bonds. The van der Waals surface area contributed by atoms with Gasteiger partial charge in [0.15, 0.2) is 0 Å². The van der Waals surface area contributed by atoms with E-state index in [9.17, 15) is 0 Å². The quantitative estimate of drug-likeness (QED) is 0.0664. The van der Waals surface area contributed by atoms with E-state index >= 15 is 0 Å². The average Bonchev–Trinajstić information content (AvgIpc) is 0.849. The van der Waals surface area contributed by atoms with E-state index in [4.69, 9.17) is 29.1 Å². The molecule has 0 unspecified atom stereocenters. The van der Waals surface area contributed by atoms with Crippen LogP contribution in [-0.2, 0) is 36.4 Å². The Morgan fingerprint density at radius 2 is 0.181 bits per heavy atom. The topological polar surface area (TPSA) is 40.5 Å². The molecular formula is C125H149BCl2O2P6Pd2. The Hall–Kier alpha value is -9.57. The molecule has 728 valence electrons. The summed E-state index contributed by atoms with van der Waals surface area (Å²) in [6.45, 7) is 21.3. The number of rotatable bonds is 18. The summed E-state index contributed by atoms with van der Waals surface area (Å²) in [5.41, 5.74) is 0. The Morgan fingerprint density at radius 3 is 0.217 bits per heavy atom. The van der Waals surface area contributed by atoms with Crippen LogP contribution in [0.1, 0.15) is 114 Å². The Morgan fingerprint density at radius 1 is 0.145 bits per heavy atom. The van der Waals surface area contributed by atoms with Gasteiger partial charge in [0.25, 0.3) is 0 Å². The zero-order chi connectivity index (χ0) is 93.8. The molecule has 0 spiro atoms. The number of benzene rings is 18. The molecule has 0 saturated heterocycles. The van der Waals surface area contributed by atoms with E-state index in [1.807, 2.05) is 69.2 Å². The first kappa shape index (κ1) is 130. The summed E-state index contributed by atoms with van der Waals surface area (Å²) in [5.74, 6) is 0. The van der Waals surface area contributed by atoms with Crippen LogP contribution in [0.15, 0.2) is 546 Å².